The lowest BCUT2D eigenvalue weighted by molar-refractivity contribution is -0.118. The molecule has 0 radical (unpaired) electrons. The van der Waals surface area contributed by atoms with Gasteiger partial charge in [0, 0.05) is 19.0 Å². The number of rotatable bonds is 7. The Hall–Kier alpha value is -2.08. The first kappa shape index (κ1) is 16.8. The van der Waals surface area contributed by atoms with Crippen LogP contribution < -0.4 is 21.1 Å². The molecule has 1 aromatic carbocycles. The van der Waals surface area contributed by atoms with Crippen LogP contribution in [0.3, 0.4) is 0 Å². The number of hydrogen-bond acceptors (Lipinski definition) is 4. The van der Waals surface area contributed by atoms with Crippen molar-refractivity contribution < 1.29 is 14.3 Å². The van der Waals surface area contributed by atoms with Gasteiger partial charge in [-0.25, -0.2) is 0 Å². The molecule has 1 atom stereocenters. The molecule has 3 rings (SSSR count). The quantitative estimate of drug-likeness (QED) is 0.710. The summed E-state index contributed by atoms with van der Waals surface area (Å²) in [4.78, 5) is 23.1. The number of nitrogens with one attached hydrogen (secondary N) is 2. The van der Waals surface area contributed by atoms with Crippen molar-refractivity contribution in [2.75, 3.05) is 18.5 Å². The van der Waals surface area contributed by atoms with Crippen molar-refractivity contribution in [3.63, 3.8) is 0 Å². The van der Waals surface area contributed by atoms with Gasteiger partial charge in [-0.2, -0.15) is 0 Å². The molecule has 1 unspecified atom stereocenters. The van der Waals surface area contributed by atoms with E-state index in [2.05, 4.69) is 10.6 Å². The number of para-hydroxylation sites is 2. The van der Waals surface area contributed by atoms with Gasteiger partial charge >= 0.3 is 0 Å². The van der Waals surface area contributed by atoms with Crippen molar-refractivity contribution in [1.82, 2.24) is 5.32 Å². The molecule has 6 nitrogen and oxygen atoms in total. The molecule has 1 saturated heterocycles. The van der Waals surface area contributed by atoms with Crippen LogP contribution in [0.1, 0.15) is 38.5 Å². The molecule has 2 aliphatic rings. The topological polar surface area (TPSA) is 93.5 Å². The van der Waals surface area contributed by atoms with Gasteiger partial charge in [0.15, 0.2) is 0 Å². The summed E-state index contributed by atoms with van der Waals surface area (Å²) in [6.45, 7) is 1.24. The monoisotopic (exact) mass is 331 g/mol. The van der Waals surface area contributed by atoms with Crippen LogP contribution in [0.15, 0.2) is 24.3 Å². The van der Waals surface area contributed by atoms with Gasteiger partial charge in [-0.05, 0) is 36.8 Å². The summed E-state index contributed by atoms with van der Waals surface area (Å²) in [5.41, 5.74) is 6.20. The van der Waals surface area contributed by atoms with Gasteiger partial charge in [0.2, 0.25) is 11.8 Å². The molecule has 1 saturated carbocycles. The molecule has 2 amide bonds. The minimum absolute atomic E-state index is 0.0187. The Kier molecular flexibility index (Phi) is 5.04. The second-order valence-corrected chi connectivity index (χ2v) is 6.95. The first-order valence-electron chi connectivity index (χ1n) is 8.60. The summed E-state index contributed by atoms with van der Waals surface area (Å²) in [6.07, 6.45) is 5.60. The van der Waals surface area contributed by atoms with Crippen LogP contribution in [-0.2, 0) is 9.59 Å². The number of primary amides is 1. The first-order valence-corrected chi connectivity index (χ1v) is 8.60. The van der Waals surface area contributed by atoms with E-state index in [1.807, 2.05) is 12.1 Å². The highest BCUT2D eigenvalue weighted by atomic mass is 16.5. The Balaban J connectivity index is 1.51. The van der Waals surface area contributed by atoms with Crippen LogP contribution in [-0.4, -0.2) is 31.0 Å². The van der Waals surface area contributed by atoms with E-state index in [0.717, 1.165) is 13.0 Å². The fraction of sp³-hybridized carbons (Fsp3) is 0.556. The van der Waals surface area contributed by atoms with Crippen LogP contribution in [0.2, 0.25) is 0 Å². The zero-order valence-electron chi connectivity index (χ0n) is 13.8. The molecule has 24 heavy (non-hydrogen) atoms. The van der Waals surface area contributed by atoms with Crippen LogP contribution >= 0.6 is 0 Å². The first-order chi connectivity index (χ1) is 11.6. The Morgan fingerprint density at radius 1 is 1.33 bits per heavy atom. The Bertz CT molecular complexity index is 613. The highest BCUT2D eigenvalue weighted by Crippen LogP contribution is 2.47. The van der Waals surface area contributed by atoms with Gasteiger partial charge in [-0.15, -0.1) is 0 Å². The predicted octanol–water partition coefficient (Wildman–Crippen LogP) is 1.80. The van der Waals surface area contributed by atoms with E-state index in [1.165, 1.54) is 19.3 Å². The van der Waals surface area contributed by atoms with Crippen molar-refractivity contribution in [3.05, 3.63) is 24.3 Å². The lowest BCUT2D eigenvalue weighted by atomic mass is 9.67. The number of anilines is 1. The van der Waals surface area contributed by atoms with Crippen molar-refractivity contribution in [3.8, 4) is 5.75 Å². The normalized spacial score (nSPS) is 21.2. The maximum Gasteiger partial charge on any atom is 0.226 e. The third kappa shape index (κ3) is 4.06. The fourth-order valence-corrected chi connectivity index (χ4v) is 3.61. The van der Waals surface area contributed by atoms with E-state index in [0.29, 0.717) is 23.3 Å². The molecule has 0 aromatic heterocycles. The number of hydrogen-bond donors (Lipinski definition) is 3. The Morgan fingerprint density at radius 2 is 2.12 bits per heavy atom. The Morgan fingerprint density at radius 3 is 2.79 bits per heavy atom. The molecule has 2 fully saturated rings. The summed E-state index contributed by atoms with van der Waals surface area (Å²) >= 11 is 0. The summed E-state index contributed by atoms with van der Waals surface area (Å²) < 4.78 is 5.55. The van der Waals surface area contributed by atoms with E-state index in [9.17, 15) is 9.59 Å². The van der Waals surface area contributed by atoms with Gasteiger partial charge in [-0.3, -0.25) is 9.59 Å². The summed E-state index contributed by atoms with van der Waals surface area (Å²) in [5, 5.41) is 6.40. The molecule has 1 spiro atoms. The molecular weight excluding hydrogens is 306 g/mol. The zero-order valence-corrected chi connectivity index (χ0v) is 13.8. The zero-order chi connectivity index (χ0) is 17.0. The van der Waals surface area contributed by atoms with Crippen molar-refractivity contribution in [2.24, 2.45) is 11.1 Å². The maximum atomic E-state index is 12.3. The maximum absolute atomic E-state index is 12.3. The number of benzene rings is 1. The molecule has 1 aliphatic carbocycles. The highest BCUT2D eigenvalue weighted by molar-refractivity contribution is 5.92. The van der Waals surface area contributed by atoms with Crippen LogP contribution in [0, 0.1) is 5.41 Å². The average Bonchev–Trinajstić information content (AvgIpc) is 2.93. The van der Waals surface area contributed by atoms with Gasteiger partial charge in [0.05, 0.1) is 18.7 Å². The van der Waals surface area contributed by atoms with Gasteiger partial charge in [0.1, 0.15) is 5.75 Å². The van der Waals surface area contributed by atoms with Crippen molar-refractivity contribution in [2.45, 2.75) is 44.6 Å². The van der Waals surface area contributed by atoms with E-state index >= 15 is 0 Å². The molecule has 4 N–H and O–H groups in total. The van der Waals surface area contributed by atoms with E-state index in [4.69, 9.17) is 10.5 Å². The SMILES string of the molecule is NC(=O)CCOc1ccccc1NC(=O)CC1CC2(CCC2)CN1. The third-order valence-corrected chi connectivity index (χ3v) is 5.06. The summed E-state index contributed by atoms with van der Waals surface area (Å²) in [6, 6.07) is 7.50. The van der Waals surface area contributed by atoms with Crippen LogP contribution in [0.4, 0.5) is 5.69 Å². The largest absolute Gasteiger partial charge is 0.491 e. The van der Waals surface area contributed by atoms with E-state index in [1.54, 1.807) is 12.1 Å². The van der Waals surface area contributed by atoms with Gasteiger partial charge in [-0.1, -0.05) is 18.6 Å². The standard InChI is InChI=1S/C18H25N3O3/c19-16(22)6-9-24-15-5-2-1-4-14(15)21-17(23)10-13-11-18(12-20-13)7-3-8-18/h1-2,4-5,13,20H,3,6-12H2,(H2,19,22)(H,21,23). The van der Waals surface area contributed by atoms with Crippen LogP contribution in [0.25, 0.3) is 0 Å². The molecule has 1 aliphatic heterocycles. The molecular formula is C18H25N3O3. The van der Waals surface area contributed by atoms with Crippen LogP contribution in [0.5, 0.6) is 5.75 Å². The summed E-state index contributed by atoms with van der Waals surface area (Å²) in [7, 11) is 0. The Labute approximate surface area is 142 Å². The number of amides is 2. The number of ether oxygens (including phenoxy) is 1. The smallest absolute Gasteiger partial charge is 0.226 e. The van der Waals surface area contributed by atoms with E-state index in [-0.39, 0.29) is 25.0 Å². The average molecular weight is 331 g/mol. The predicted molar refractivity (Wildman–Crippen MR) is 91.7 cm³/mol. The third-order valence-electron chi connectivity index (χ3n) is 5.06. The molecule has 130 valence electrons. The lowest BCUT2D eigenvalue weighted by Crippen LogP contribution is -2.31. The minimum Gasteiger partial charge on any atom is -0.491 e. The number of carbonyl (C=O) groups is 2. The number of carbonyl (C=O) groups excluding carboxylic acids is 2. The lowest BCUT2D eigenvalue weighted by Gasteiger charge is -2.37. The molecule has 1 aromatic rings. The second kappa shape index (κ2) is 7.21. The minimum atomic E-state index is -0.409. The number of nitrogens with two attached hydrogens (primary N) is 1. The molecule has 6 heteroatoms. The van der Waals surface area contributed by atoms with Gasteiger partial charge in [0.25, 0.3) is 0 Å². The van der Waals surface area contributed by atoms with Crippen molar-refractivity contribution in [1.29, 1.82) is 0 Å². The molecule has 1 heterocycles. The van der Waals surface area contributed by atoms with Gasteiger partial charge < -0.3 is 21.1 Å². The summed E-state index contributed by atoms with van der Waals surface area (Å²) in [5.74, 6) is 0.130. The second-order valence-electron chi connectivity index (χ2n) is 6.95. The molecule has 0 bridgehead atoms. The highest BCUT2D eigenvalue weighted by Gasteiger charge is 2.43. The fourth-order valence-electron chi connectivity index (χ4n) is 3.61. The van der Waals surface area contributed by atoms with E-state index < -0.39 is 5.91 Å². The van der Waals surface area contributed by atoms with Crippen molar-refractivity contribution >= 4 is 17.5 Å².